The van der Waals surface area contributed by atoms with E-state index in [1.54, 1.807) is 6.07 Å². The van der Waals surface area contributed by atoms with Crippen LogP contribution in [0.25, 0.3) is 0 Å². The molecule has 0 bridgehead atoms. The smallest absolute Gasteiger partial charge is 0.405 e. The van der Waals surface area contributed by atoms with E-state index in [-0.39, 0.29) is 12.1 Å². The van der Waals surface area contributed by atoms with Gasteiger partial charge in [-0.1, -0.05) is 12.1 Å². The Morgan fingerprint density at radius 1 is 1.43 bits per heavy atom. The number of anilines is 1. The summed E-state index contributed by atoms with van der Waals surface area (Å²) in [6.07, 6.45) is 1.93. The molecule has 0 radical (unpaired) electrons. The van der Waals surface area contributed by atoms with Crippen molar-refractivity contribution in [2.75, 3.05) is 5.32 Å². The maximum absolute atomic E-state index is 11.9. The van der Waals surface area contributed by atoms with Gasteiger partial charge in [0.05, 0.1) is 12.7 Å². The summed E-state index contributed by atoms with van der Waals surface area (Å²) < 4.78 is 5.83. The van der Waals surface area contributed by atoms with Gasteiger partial charge >= 0.3 is 6.09 Å². The average Bonchev–Trinajstić information content (AvgIpc) is 2.90. The zero-order valence-electron chi connectivity index (χ0n) is 13.1. The number of carbonyl (C=O) groups excluding carboxylic acids is 1. The lowest BCUT2D eigenvalue weighted by Gasteiger charge is -2.17. The van der Waals surface area contributed by atoms with Crippen LogP contribution in [0.1, 0.15) is 31.7 Å². The molecule has 3 atom stereocenters. The summed E-state index contributed by atoms with van der Waals surface area (Å²) in [6.45, 7) is 1.92. The number of amides is 2. The number of ether oxygens (including phenoxy) is 1. The van der Waals surface area contributed by atoms with E-state index in [4.69, 9.17) is 15.6 Å². The number of nitrogens with one attached hydrogen (secondary N) is 2. The number of hydrogen-bond donors (Lipinski definition) is 4. The Morgan fingerprint density at radius 3 is 2.87 bits per heavy atom. The van der Waals surface area contributed by atoms with Crippen molar-refractivity contribution in [3.05, 3.63) is 29.8 Å². The van der Waals surface area contributed by atoms with Crippen molar-refractivity contribution in [2.45, 2.75) is 51.0 Å². The molecule has 1 aromatic carbocycles. The number of benzene rings is 1. The Morgan fingerprint density at radius 2 is 2.22 bits per heavy atom. The Bertz CT molecular complexity index is 564. The van der Waals surface area contributed by atoms with Gasteiger partial charge in [0.25, 0.3) is 0 Å². The van der Waals surface area contributed by atoms with Crippen molar-refractivity contribution in [1.29, 1.82) is 0 Å². The Kier molecular flexibility index (Phi) is 5.95. The summed E-state index contributed by atoms with van der Waals surface area (Å²) in [6, 6.07) is 6.56. The van der Waals surface area contributed by atoms with Gasteiger partial charge in [-0.2, -0.15) is 0 Å². The van der Waals surface area contributed by atoms with Crippen LogP contribution in [0.4, 0.5) is 10.5 Å². The van der Waals surface area contributed by atoms with Crippen molar-refractivity contribution in [3.8, 4) is 0 Å². The van der Waals surface area contributed by atoms with Crippen LogP contribution < -0.4 is 16.4 Å². The molecule has 23 heavy (non-hydrogen) atoms. The van der Waals surface area contributed by atoms with Crippen molar-refractivity contribution < 1.29 is 19.4 Å². The summed E-state index contributed by atoms with van der Waals surface area (Å²) in [5.74, 6) is -0.414. The lowest BCUT2D eigenvalue weighted by atomic mass is 10.2. The highest BCUT2D eigenvalue weighted by Crippen LogP contribution is 2.22. The fourth-order valence-electron chi connectivity index (χ4n) is 2.61. The number of nitrogens with two attached hydrogens (primary N) is 1. The van der Waals surface area contributed by atoms with Crippen molar-refractivity contribution in [1.82, 2.24) is 5.32 Å². The van der Waals surface area contributed by atoms with E-state index in [2.05, 4.69) is 10.6 Å². The van der Waals surface area contributed by atoms with Crippen LogP contribution in [0.3, 0.4) is 0 Å². The maximum Gasteiger partial charge on any atom is 0.405 e. The lowest BCUT2D eigenvalue weighted by molar-refractivity contribution is -0.117. The normalized spacial score (nSPS) is 21.7. The molecule has 0 heterocycles. The first kappa shape index (κ1) is 17.2. The molecular weight excluding hydrogens is 298 g/mol. The highest BCUT2D eigenvalue weighted by atomic mass is 16.5. The van der Waals surface area contributed by atoms with E-state index in [1.165, 1.54) is 6.92 Å². The van der Waals surface area contributed by atoms with E-state index in [0.717, 1.165) is 24.8 Å². The molecule has 0 saturated heterocycles. The minimum absolute atomic E-state index is 0.0908. The third-order valence-corrected chi connectivity index (χ3v) is 3.90. The van der Waals surface area contributed by atoms with Crippen LogP contribution in [-0.2, 0) is 16.1 Å². The lowest BCUT2D eigenvalue weighted by Crippen LogP contribution is -2.40. The highest BCUT2D eigenvalue weighted by molar-refractivity contribution is 5.96. The van der Waals surface area contributed by atoms with Crippen LogP contribution in [0.5, 0.6) is 0 Å². The monoisotopic (exact) mass is 321 g/mol. The highest BCUT2D eigenvalue weighted by Gasteiger charge is 2.24. The molecular formula is C16H23N3O4. The Hall–Kier alpha value is -2.12. The number of carboxylic acid groups (broad SMARTS) is 1. The summed E-state index contributed by atoms with van der Waals surface area (Å²) >= 11 is 0. The third-order valence-electron chi connectivity index (χ3n) is 3.90. The molecule has 2 amide bonds. The Labute approximate surface area is 135 Å². The first-order chi connectivity index (χ1) is 11.0. The molecule has 0 aromatic heterocycles. The van der Waals surface area contributed by atoms with Gasteiger partial charge in [-0.3, -0.25) is 4.79 Å². The van der Waals surface area contributed by atoms with Gasteiger partial charge in [0.15, 0.2) is 0 Å². The summed E-state index contributed by atoms with van der Waals surface area (Å²) in [5, 5.41) is 13.4. The van der Waals surface area contributed by atoms with Gasteiger partial charge in [-0.15, -0.1) is 0 Å². The second kappa shape index (κ2) is 7.94. The van der Waals surface area contributed by atoms with Crippen LogP contribution >= 0.6 is 0 Å². The van der Waals surface area contributed by atoms with Gasteiger partial charge in [0.2, 0.25) is 5.91 Å². The van der Waals surface area contributed by atoms with Crippen molar-refractivity contribution in [2.24, 2.45) is 5.73 Å². The first-order valence-corrected chi connectivity index (χ1v) is 7.72. The zero-order valence-corrected chi connectivity index (χ0v) is 13.1. The second-order valence-electron chi connectivity index (χ2n) is 5.81. The zero-order chi connectivity index (χ0) is 16.8. The number of carbonyl (C=O) groups is 2. The fourth-order valence-corrected chi connectivity index (χ4v) is 2.61. The topological polar surface area (TPSA) is 114 Å². The first-order valence-electron chi connectivity index (χ1n) is 7.72. The van der Waals surface area contributed by atoms with E-state index in [9.17, 15) is 9.59 Å². The molecule has 7 nitrogen and oxygen atoms in total. The molecule has 1 unspecified atom stereocenters. The molecule has 1 fully saturated rings. The predicted octanol–water partition coefficient (Wildman–Crippen LogP) is 1.68. The van der Waals surface area contributed by atoms with Gasteiger partial charge in [-0.25, -0.2) is 4.79 Å². The molecule has 2 rings (SSSR count). The summed E-state index contributed by atoms with van der Waals surface area (Å²) in [4.78, 5) is 22.4. The van der Waals surface area contributed by atoms with Crippen LogP contribution in [-0.4, -0.2) is 35.3 Å². The molecule has 7 heteroatoms. The van der Waals surface area contributed by atoms with Gasteiger partial charge in [-0.05, 0) is 43.9 Å². The minimum atomic E-state index is -1.23. The fraction of sp³-hybridized carbons (Fsp3) is 0.500. The Balaban J connectivity index is 1.89. The molecule has 126 valence electrons. The molecule has 1 aromatic rings. The second-order valence-corrected chi connectivity index (χ2v) is 5.81. The third kappa shape index (κ3) is 5.22. The van der Waals surface area contributed by atoms with Gasteiger partial charge in [0, 0.05) is 11.7 Å². The number of rotatable bonds is 6. The van der Waals surface area contributed by atoms with Crippen molar-refractivity contribution >= 4 is 17.7 Å². The van der Waals surface area contributed by atoms with Crippen molar-refractivity contribution in [3.63, 3.8) is 0 Å². The predicted molar refractivity (Wildman–Crippen MR) is 86.1 cm³/mol. The van der Waals surface area contributed by atoms with E-state index in [1.807, 2.05) is 18.2 Å². The molecule has 1 aliphatic rings. The summed E-state index contributed by atoms with van der Waals surface area (Å²) in [5.41, 5.74) is 7.51. The van der Waals surface area contributed by atoms with Gasteiger partial charge < -0.3 is 26.2 Å². The van der Waals surface area contributed by atoms with Crippen LogP contribution in [0, 0.1) is 0 Å². The van der Waals surface area contributed by atoms with E-state index < -0.39 is 18.0 Å². The minimum Gasteiger partial charge on any atom is -0.465 e. The SMILES string of the molecule is CC(NC(=O)O)C(=O)Nc1cccc(CO[C@H]2CCC[C@@H]2N)c1. The standard InChI is InChI=1S/C16H23N3O4/c1-10(18-16(21)22)15(20)19-12-5-2-4-11(8-12)9-23-14-7-3-6-13(14)17/h2,4-5,8,10,13-14,18H,3,6-7,9,17H2,1H3,(H,19,20)(H,21,22)/t10?,13-,14-/m0/s1. The van der Waals surface area contributed by atoms with Crippen LogP contribution in [0.2, 0.25) is 0 Å². The molecule has 1 aliphatic carbocycles. The van der Waals surface area contributed by atoms with E-state index in [0.29, 0.717) is 12.3 Å². The van der Waals surface area contributed by atoms with Crippen LogP contribution in [0.15, 0.2) is 24.3 Å². The molecule has 1 saturated carbocycles. The van der Waals surface area contributed by atoms with E-state index >= 15 is 0 Å². The van der Waals surface area contributed by atoms with Gasteiger partial charge in [0.1, 0.15) is 6.04 Å². The maximum atomic E-state index is 11.9. The summed E-state index contributed by atoms with van der Waals surface area (Å²) in [7, 11) is 0. The number of hydrogen-bond acceptors (Lipinski definition) is 4. The quantitative estimate of drug-likeness (QED) is 0.636. The average molecular weight is 321 g/mol. The molecule has 5 N–H and O–H groups in total. The molecule has 0 spiro atoms. The largest absolute Gasteiger partial charge is 0.465 e. The molecule has 0 aliphatic heterocycles.